The summed E-state index contributed by atoms with van der Waals surface area (Å²) in [5.74, 6) is 0.633. The predicted octanol–water partition coefficient (Wildman–Crippen LogP) is 2.41. The van der Waals surface area contributed by atoms with Gasteiger partial charge in [0.2, 0.25) is 5.91 Å². The number of para-hydroxylation sites is 2. The zero-order valence-electron chi connectivity index (χ0n) is 11.5. The number of anilines is 1. The number of hydrogen-bond donors (Lipinski definition) is 2. The molecule has 4 heteroatoms. The van der Waals surface area contributed by atoms with Crippen molar-refractivity contribution in [3.63, 3.8) is 0 Å². The molecule has 4 nitrogen and oxygen atoms in total. The smallest absolute Gasteiger partial charge is 0.238 e. The molecule has 1 aromatic rings. The fraction of sp³-hybridized carbons (Fsp3) is 0.500. The molecule has 0 saturated heterocycles. The summed E-state index contributed by atoms with van der Waals surface area (Å²) in [6.45, 7) is 8.22. The van der Waals surface area contributed by atoms with E-state index in [-0.39, 0.29) is 18.1 Å². The van der Waals surface area contributed by atoms with Crippen LogP contribution in [-0.2, 0) is 4.79 Å². The van der Waals surface area contributed by atoms with E-state index < -0.39 is 0 Å². The molecule has 0 aromatic heterocycles. The Morgan fingerprint density at radius 3 is 2.50 bits per heavy atom. The maximum atomic E-state index is 11.7. The molecule has 2 N–H and O–H groups in total. The number of amides is 1. The van der Waals surface area contributed by atoms with Crippen molar-refractivity contribution >= 4 is 11.6 Å². The highest BCUT2D eigenvalue weighted by Crippen LogP contribution is 2.24. The second-order valence-corrected chi connectivity index (χ2v) is 4.75. The van der Waals surface area contributed by atoms with E-state index in [1.54, 1.807) is 0 Å². The van der Waals surface area contributed by atoms with Gasteiger partial charge in [0, 0.05) is 6.04 Å². The molecule has 0 aliphatic carbocycles. The average Bonchev–Trinajstić information content (AvgIpc) is 2.28. The highest BCUT2D eigenvalue weighted by molar-refractivity contribution is 5.93. The van der Waals surface area contributed by atoms with Crippen molar-refractivity contribution in [2.75, 3.05) is 11.9 Å². The number of rotatable bonds is 6. The zero-order valence-corrected chi connectivity index (χ0v) is 11.5. The van der Waals surface area contributed by atoms with Gasteiger partial charge in [-0.3, -0.25) is 4.79 Å². The van der Waals surface area contributed by atoms with Gasteiger partial charge in [-0.1, -0.05) is 26.0 Å². The van der Waals surface area contributed by atoms with Crippen LogP contribution >= 0.6 is 0 Å². The van der Waals surface area contributed by atoms with Crippen LogP contribution in [0.15, 0.2) is 24.3 Å². The molecule has 0 fully saturated rings. The molecule has 0 saturated carbocycles. The lowest BCUT2D eigenvalue weighted by Gasteiger charge is -2.15. The summed E-state index contributed by atoms with van der Waals surface area (Å²) in [5, 5.41) is 5.92. The average molecular weight is 250 g/mol. The summed E-state index contributed by atoms with van der Waals surface area (Å²) in [5.41, 5.74) is 0.710. The van der Waals surface area contributed by atoms with Gasteiger partial charge in [0.1, 0.15) is 5.75 Å². The summed E-state index contributed by atoms with van der Waals surface area (Å²) in [6.07, 6.45) is 0.0804. The van der Waals surface area contributed by atoms with Gasteiger partial charge < -0.3 is 15.4 Å². The Bertz CT molecular complexity index is 389. The van der Waals surface area contributed by atoms with Crippen LogP contribution in [-0.4, -0.2) is 24.6 Å². The van der Waals surface area contributed by atoms with Crippen LogP contribution in [0.3, 0.4) is 0 Å². The van der Waals surface area contributed by atoms with Crippen LogP contribution in [0.25, 0.3) is 0 Å². The molecule has 0 aliphatic heterocycles. The van der Waals surface area contributed by atoms with Gasteiger partial charge in [0.05, 0.1) is 18.3 Å². The first-order chi connectivity index (χ1) is 8.49. The van der Waals surface area contributed by atoms with E-state index in [4.69, 9.17) is 4.74 Å². The van der Waals surface area contributed by atoms with Crippen molar-refractivity contribution in [3.8, 4) is 5.75 Å². The second-order valence-electron chi connectivity index (χ2n) is 4.75. The summed E-state index contributed by atoms with van der Waals surface area (Å²) in [4.78, 5) is 11.7. The minimum atomic E-state index is -0.0662. The SMILES string of the molecule is CC(C)NCC(=O)Nc1ccccc1OC(C)C. The van der Waals surface area contributed by atoms with Crippen LogP contribution in [0.1, 0.15) is 27.7 Å². The van der Waals surface area contributed by atoms with E-state index in [0.29, 0.717) is 18.0 Å². The minimum Gasteiger partial charge on any atom is -0.489 e. The van der Waals surface area contributed by atoms with Crippen molar-refractivity contribution in [2.45, 2.75) is 39.8 Å². The number of ether oxygens (including phenoxy) is 1. The zero-order chi connectivity index (χ0) is 13.5. The first-order valence-electron chi connectivity index (χ1n) is 6.28. The van der Waals surface area contributed by atoms with Gasteiger partial charge in [0.15, 0.2) is 0 Å². The third kappa shape index (κ3) is 5.19. The number of carbonyl (C=O) groups excluding carboxylic acids is 1. The maximum absolute atomic E-state index is 11.7. The van der Waals surface area contributed by atoms with Gasteiger partial charge in [-0.05, 0) is 26.0 Å². The predicted molar refractivity (Wildman–Crippen MR) is 74.0 cm³/mol. The third-order valence-corrected chi connectivity index (χ3v) is 2.19. The standard InChI is InChI=1S/C14H22N2O2/c1-10(2)15-9-14(17)16-12-7-5-6-8-13(12)18-11(3)4/h5-8,10-11,15H,9H2,1-4H3,(H,16,17). The Hall–Kier alpha value is -1.55. The van der Waals surface area contributed by atoms with Gasteiger partial charge in [-0.2, -0.15) is 0 Å². The molecule has 0 heterocycles. The van der Waals surface area contributed by atoms with Crippen LogP contribution in [0.5, 0.6) is 5.75 Å². The molecular weight excluding hydrogens is 228 g/mol. The molecule has 18 heavy (non-hydrogen) atoms. The van der Waals surface area contributed by atoms with Crippen LogP contribution in [0, 0.1) is 0 Å². The van der Waals surface area contributed by atoms with Crippen molar-refractivity contribution in [2.24, 2.45) is 0 Å². The van der Waals surface area contributed by atoms with Crippen LogP contribution in [0.4, 0.5) is 5.69 Å². The molecule has 100 valence electrons. The molecule has 0 bridgehead atoms. The molecule has 0 atom stereocenters. The summed E-state index contributed by atoms with van der Waals surface area (Å²) >= 11 is 0. The highest BCUT2D eigenvalue weighted by atomic mass is 16.5. The summed E-state index contributed by atoms with van der Waals surface area (Å²) in [6, 6.07) is 7.74. The van der Waals surface area contributed by atoms with Gasteiger partial charge in [-0.15, -0.1) is 0 Å². The number of nitrogens with one attached hydrogen (secondary N) is 2. The van der Waals surface area contributed by atoms with Crippen LogP contribution < -0.4 is 15.4 Å². The molecule has 0 spiro atoms. The van der Waals surface area contributed by atoms with E-state index in [1.165, 1.54) is 0 Å². The Labute approximate surface area is 109 Å². The molecule has 1 rings (SSSR count). The maximum Gasteiger partial charge on any atom is 0.238 e. The van der Waals surface area contributed by atoms with E-state index in [2.05, 4.69) is 10.6 Å². The van der Waals surface area contributed by atoms with E-state index >= 15 is 0 Å². The first-order valence-corrected chi connectivity index (χ1v) is 6.28. The lowest BCUT2D eigenvalue weighted by Crippen LogP contribution is -2.32. The normalized spacial score (nSPS) is 10.8. The van der Waals surface area contributed by atoms with Crippen molar-refractivity contribution in [1.29, 1.82) is 0 Å². The quantitative estimate of drug-likeness (QED) is 0.815. The van der Waals surface area contributed by atoms with Gasteiger partial charge in [-0.25, -0.2) is 0 Å². The number of carbonyl (C=O) groups is 1. The minimum absolute atomic E-state index is 0.0662. The summed E-state index contributed by atoms with van der Waals surface area (Å²) < 4.78 is 5.64. The largest absolute Gasteiger partial charge is 0.489 e. The fourth-order valence-electron chi connectivity index (χ4n) is 1.42. The Morgan fingerprint density at radius 1 is 1.22 bits per heavy atom. The van der Waals surface area contributed by atoms with E-state index in [0.717, 1.165) is 0 Å². The van der Waals surface area contributed by atoms with Crippen molar-refractivity contribution in [3.05, 3.63) is 24.3 Å². The lowest BCUT2D eigenvalue weighted by atomic mass is 10.3. The Balaban J connectivity index is 2.63. The molecule has 0 unspecified atom stereocenters. The van der Waals surface area contributed by atoms with E-state index in [9.17, 15) is 4.79 Å². The molecule has 0 radical (unpaired) electrons. The second kappa shape index (κ2) is 7.01. The topological polar surface area (TPSA) is 50.4 Å². The van der Waals surface area contributed by atoms with Gasteiger partial charge >= 0.3 is 0 Å². The molecule has 0 aliphatic rings. The van der Waals surface area contributed by atoms with Crippen LogP contribution in [0.2, 0.25) is 0 Å². The Morgan fingerprint density at radius 2 is 1.89 bits per heavy atom. The third-order valence-electron chi connectivity index (χ3n) is 2.19. The Kier molecular flexibility index (Phi) is 5.65. The summed E-state index contributed by atoms with van der Waals surface area (Å²) in [7, 11) is 0. The van der Waals surface area contributed by atoms with Crippen molar-refractivity contribution < 1.29 is 9.53 Å². The lowest BCUT2D eigenvalue weighted by molar-refractivity contribution is -0.115. The highest BCUT2D eigenvalue weighted by Gasteiger charge is 2.08. The molecular formula is C14H22N2O2. The molecule has 1 aromatic carbocycles. The van der Waals surface area contributed by atoms with Gasteiger partial charge in [0.25, 0.3) is 0 Å². The number of hydrogen-bond acceptors (Lipinski definition) is 3. The monoisotopic (exact) mass is 250 g/mol. The first kappa shape index (κ1) is 14.5. The van der Waals surface area contributed by atoms with E-state index in [1.807, 2.05) is 52.0 Å². The number of benzene rings is 1. The van der Waals surface area contributed by atoms with Crippen molar-refractivity contribution in [1.82, 2.24) is 5.32 Å². The molecule has 1 amide bonds. The fourth-order valence-corrected chi connectivity index (χ4v) is 1.42.